The minimum Gasteiger partial charge on any atom is -0.413 e. The fraction of sp³-hybridized carbons (Fsp3) is 1.00. The fourth-order valence-corrected chi connectivity index (χ4v) is 1.28. The van der Waals surface area contributed by atoms with Gasteiger partial charge >= 0.3 is 9.28 Å². The lowest BCUT2D eigenvalue weighted by Crippen LogP contribution is -2.12. The van der Waals surface area contributed by atoms with E-state index in [9.17, 15) is 0 Å². The molecule has 0 aliphatic heterocycles. The zero-order valence-electron chi connectivity index (χ0n) is 5.80. The molecule has 56 valence electrons. The molecule has 0 saturated carbocycles. The van der Waals surface area contributed by atoms with Gasteiger partial charge in [0.2, 0.25) is 0 Å². The topological polar surface area (TPSA) is 52.5 Å². The van der Waals surface area contributed by atoms with Crippen LogP contribution in [-0.2, 0) is 0 Å². The summed E-state index contributed by atoms with van der Waals surface area (Å²) in [7, 11) is -0.345. The highest BCUT2D eigenvalue weighted by Gasteiger charge is 1.98. The molecule has 0 spiro atoms. The molecule has 0 unspecified atom stereocenters. The molecule has 0 aromatic rings. The van der Waals surface area contributed by atoms with Gasteiger partial charge in [0, 0.05) is 0 Å². The van der Waals surface area contributed by atoms with Gasteiger partial charge in [-0.3, -0.25) is 0 Å². The summed E-state index contributed by atoms with van der Waals surface area (Å²) in [6.45, 7) is 0.973. The summed E-state index contributed by atoms with van der Waals surface area (Å²) < 4.78 is 0. The highest BCUT2D eigenvalue weighted by atomic mass is 28.3. The first kappa shape index (κ1) is 9.10. The predicted octanol–water partition coefficient (Wildman–Crippen LogP) is -0.809. The zero-order chi connectivity index (χ0) is 7.11. The summed E-state index contributed by atoms with van der Waals surface area (Å²) >= 11 is 0. The van der Waals surface area contributed by atoms with Crippen molar-refractivity contribution >= 4 is 9.28 Å². The lowest BCUT2D eigenvalue weighted by atomic mass is 10.3. The van der Waals surface area contributed by atoms with Crippen LogP contribution in [0, 0.1) is 0 Å². The van der Waals surface area contributed by atoms with Crippen LogP contribution in [0.3, 0.4) is 0 Å². The minimum atomic E-state index is -2.24. The van der Waals surface area contributed by atoms with Crippen molar-refractivity contribution in [2.75, 3.05) is 13.6 Å². The standard InChI is InChI=1S/C5H15NO2Si/c1-6-4-2-3-5-9(7)8/h6-9H,2-5H2,1H3. The first-order valence-electron chi connectivity index (χ1n) is 3.28. The van der Waals surface area contributed by atoms with Gasteiger partial charge in [0.15, 0.2) is 0 Å². The van der Waals surface area contributed by atoms with E-state index < -0.39 is 9.28 Å². The van der Waals surface area contributed by atoms with Crippen LogP contribution in [0.5, 0.6) is 0 Å². The Balaban J connectivity index is 2.75. The second-order valence-corrected chi connectivity index (χ2v) is 3.62. The van der Waals surface area contributed by atoms with Crippen molar-refractivity contribution in [3.05, 3.63) is 0 Å². The molecule has 0 amide bonds. The maximum Gasteiger partial charge on any atom is 0.315 e. The molecule has 0 bridgehead atoms. The Hall–Kier alpha value is 0.0969. The predicted molar refractivity (Wildman–Crippen MR) is 39.6 cm³/mol. The molecule has 0 aromatic carbocycles. The lowest BCUT2D eigenvalue weighted by molar-refractivity contribution is 0.402. The summed E-state index contributed by atoms with van der Waals surface area (Å²) in [5, 5.41) is 2.99. The number of nitrogens with one attached hydrogen (secondary N) is 1. The van der Waals surface area contributed by atoms with Crippen LogP contribution in [0.1, 0.15) is 12.8 Å². The lowest BCUT2D eigenvalue weighted by Gasteiger charge is -1.99. The molecule has 0 fully saturated rings. The normalized spacial score (nSPS) is 10.7. The summed E-state index contributed by atoms with van der Waals surface area (Å²) in [5.74, 6) is 0. The quantitative estimate of drug-likeness (QED) is 0.354. The van der Waals surface area contributed by atoms with E-state index in [1.807, 2.05) is 7.05 Å². The van der Waals surface area contributed by atoms with Crippen molar-refractivity contribution in [1.29, 1.82) is 0 Å². The maximum atomic E-state index is 8.53. The van der Waals surface area contributed by atoms with Crippen molar-refractivity contribution < 1.29 is 9.59 Å². The zero-order valence-corrected chi connectivity index (χ0v) is 6.95. The second kappa shape index (κ2) is 6.22. The van der Waals surface area contributed by atoms with Crippen molar-refractivity contribution in [2.45, 2.75) is 18.9 Å². The molecule has 9 heavy (non-hydrogen) atoms. The molecule has 3 N–H and O–H groups in total. The van der Waals surface area contributed by atoms with E-state index in [0.29, 0.717) is 6.04 Å². The van der Waals surface area contributed by atoms with E-state index in [-0.39, 0.29) is 0 Å². The summed E-state index contributed by atoms with van der Waals surface area (Å²) in [5.41, 5.74) is 0. The van der Waals surface area contributed by atoms with Gasteiger partial charge in [-0.15, -0.1) is 0 Å². The summed E-state index contributed by atoms with van der Waals surface area (Å²) in [6.07, 6.45) is 1.98. The van der Waals surface area contributed by atoms with Gasteiger partial charge in [-0.25, -0.2) is 0 Å². The maximum absolute atomic E-state index is 8.53. The largest absolute Gasteiger partial charge is 0.413 e. The SMILES string of the molecule is CNCCCC[SiH](O)O. The van der Waals surface area contributed by atoms with E-state index in [1.165, 1.54) is 0 Å². The smallest absolute Gasteiger partial charge is 0.315 e. The number of rotatable bonds is 5. The Bertz CT molecular complexity index is 60.9. The monoisotopic (exact) mass is 149 g/mol. The van der Waals surface area contributed by atoms with E-state index in [1.54, 1.807) is 0 Å². The molecule has 0 atom stereocenters. The van der Waals surface area contributed by atoms with Crippen LogP contribution in [0.4, 0.5) is 0 Å². The van der Waals surface area contributed by atoms with Gasteiger partial charge in [-0.1, -0.05) is 6.42 Å². The van der Waals surface area contributed by atoms with E-state index in [2.05, 4.69) is 5.32 Å². The van der Waals surface area contributed by atoms with Gasteiger partial charge in [0.05, 0.1) is 0 Å². The van der Waals surface area contributed by atoms with Crippen LogP contribution in [-0.4, -0.2) is 32.5 Å². The van der Waals surface area contributed by atoms with Crippen LogP contribution < -0.4 is 5.32 Å². The average molecular weight is 149 g/mol. The highest BCUT2D eigenvalue weighted by molar-refractivity contribution is 6.40. The van der Waals surface area contributed by atoms with Crippen LogP contribution in [0.15, 0.2) is 0 Å². The second-order valence-electron chi connectivity index (χ2n) is 2.08. The van der Waals surface area contributed by atoms with Crippen molar-refractivity contribution in [1.82, 2.24) is 5.32 Å². The number of unbranched alkanes of at least 4 members (excludes halogenated alkanes) is 1. The van der Waals surface area contributed by atoms with Gasteiger partial charge in [0.25, 0.3) is 0 Å². The van der Waals surface area contributed by atoms with Crippen molar-refractivity contribution in [3.8, 4) is 0 Å². The van der Waals surface area contributed by atoms with Gasteiger partial charge < -0.3 is 14.9 Å². The van der Waals surface area contributed by atoms with Gasteiger partial charge in [-0.2, -0.15) is 0 Å². The Labute approximate surface area is 57.6 Å². The Morgan fingerprint density at radius 3 is 2.44 bits per heavy atom. The Morgan fingerprint density at radius 2 is 2.00 bits per heavy atom. The molecule has 4 heteroatoms. The van der Waals surface area contributed by atoms with E-state index in [0.717, 1.165) is 19.4 Å². The molecule has 0 rings (SSSR count). The Kier molecular flexibility index (Phi) is 6.29. The first-order valence-corrected chi connectivity index (χ1v) is 5.13. The molecule has 0 aromatic heterocycles. The van der Waals surface area contributed by atoms with Crippen LogP contribution in [0.2, 0.25) is 6.04 Å². The molecule has 3 nitrogen and oxygen atoms in total. The first-order chi connectivity index (χ1) is 4.27. The van der Waals surface area contributed by atoms with Crippen LogP contribution in [0.25, 0.3) is 0 Å². The Morgan fingerprint density at radius 1 is 1.33 bits per heavy atom. The molecular weight excluding hydrogens is 134 g/mol. The summed E-state index contributed by atoms with van der Waals surface area (Å²) in [6, 6.07) is 0.627. The summed E-state index contributed by atoms with van der Waals surface area (Å²) in [4.78, 5) is 17.1. The fourth-order valence-electron chi connectivity index (χ4n) is 0.629. The third-order valence-electron chi connectivity index (χ3n) is 1.14. The van der Waals surface area contributed by atoms with Gasteiger partial charge in [-0.05, 0) is 26.1 Å². The molecule has 0 radical (unpaired) electrons. The van der Waals surface area contributed by atoms with Gasteiger partial charge in [0.1, 0.15) is 0 Å². The van der Waals surface area contributed by atoms with E-state index in [4.69, 9.17) is 9.59 Å². The number of hydrogen-bond donors (Lipinski definition) is 3. The average Bonchev–Trinajstić information content (AvgIpc) is 1.80. The highest BCUT2D eigenvalue weighted by Crippen LogP contribution is 1.95. The third-order valence-corrected chi connectivity index (χ3v) is 2.06. The third kappa shape index (κ3) is 8.10. The van der Waals surface area contributed by atoms with E-state index >= 15 is 0 Å². The van der Waals surface area contributed by atoms with Crippen molar-refractivity contribution in [3.63, 3.8) is 0 Å². The molecule has 0 saturated heterocycles. The molecular formula is C5H15NO2Si. The molecule has 0 aliphatic rings. The van der Waals surface area contributed by atoms with Crippen molar-refractivity contribution in [2.24, 2.45) is 0 Å². The minimum absolute atomic E-state index is 0.627. The molecule has 0 aliphatic carbocycles. The molecule has 0 heterocycles. The number of hydrogen-bond acceptors (Lipinski definition) is 3. The van der Waals surface area contributed by atoms with Crippen LogP contribution >= 0.6 is 0 Å².